The summed E-state index contributed by atoms with van der Waals surface area (Å²) in [7, 11) is 0. The van der Waals surface area contributed by atoms with Crippen molar-refractivity contribution in [3.05, 3.63) is 0 Å². The largest absolute Gasteiger partial charge is 0.390 e. The van der Waals surface area contributed by atoms with Gasteiger partial charge in [-0.2, -0.15) is 0 Å². The minimum Gasteiger partial charge on any atom is -0.390 e. The molecule has 0 amide bonds. The summed E-state index contributed by atoms with van der Waals surface area (Å²) < 4.78 is 0. The summed E-state index contributed by atoms with van der Waals surface area (Å²) in [4.78, 5) is 0. The van der Waals surface area contributed by atoms with Crippen molar-refractivity contribution in [3.63, 3.8) is 0 Å². The standard InChI is InChI=1S/C15H26O/c1-13(2)10-6-9-14(3)7-5-8-15(4,16)12(14)11(10)13/h10-12,16H,5-9H2,1-4H3/t10-,11-,12+,14-,15+/m0/s1. The zero-order valence-electron chi connectivity index (χ0n) is 11.2. The van der Waals surface area contributed by atoms with E-state index in [4.69, 9.17) is 0 Å². The van der Waals surface area contributed by atoms with Crippen LogP contribution in [0.2, 0.25) is 0 Å². The van der Waals surface area contributed by atoms with Crippen molar-refractivity contribution < 1.29 is 5.11 Å². The monoisotopic (exact) mass is 222 g/mol. The molecule has 5 atom stereocenters. The van der Waals surface area contributed by atoms with E-state index in [0.717, 1.165) is 18.3 Å². The summed E-state index contributed by atoms with van der Waals surface area (Å²) in [6.45, 7) is 9.37. The van der Waals surface area contributed by atoms with Gasteiger partial charge in [-0.1, -0.05) is 27.2 Å². The molecule has 1 N–H and O–H groups in total. The Labute approximate surface area is 99.6 Å². The van der Waals surface area contributed by atoms with Gasteiger partial charge in [-0.25, -0.2) is 0 Å². The first kappa shape index (κ1) is 11.1. The second-order valence-corrected chi connectivity index (χ2v) is 7.83. The molecule has 92 valence electrons. The van der Waals surface area contributed by atoms with E-state index in [1.54, 1.807) is 0 Å². The lowest BCUT2D eigenvalue weighted by molar-refractivity contribution is -0.122. The van der Waals surface area contributed by atoms with Crippen LogP contribution in [0.15, 0.2) is 0 Å². The second-order valence-electron chi connectivity index (χ2n) is 7.83. The molecule has 0 saturated heterocycles. The maximum Gasteiger partial charge on any atom is 0.0656 e. The molecule has 1 heteroatoms. The van der Waals surface area contributed by atoms with Gasteiger partial charge >= 0.3 is 0 Å². The van der Waals surface area contributed by atoms with Crippen molar-refractivity contribution >= 4 is 0 Å². The Bertz CT molecular complexity index is 317. The minimum absolute atomic E-state index is 0.399. The maximum atomic E-state index is 10.8. The Morgan fingerprint density at radius 3 is 2.38 bits per heavy atom. The van der Waals surface area contributed by atoms with Crippen LogP contribution in [0, 0.1) is 28.6 Å². The van der Waals surface area contributed by atoms with Gasteiger partial charge in [-0.3, -0.25) is 0 Å². The third-order valence-electron chi connectivity index (χ3n) is 6.38. The van der Waals surface area contributed by atoms with E-state index in [2.05, 4.69) is 27.7 Å². The molecule has 3 aliphatic rings. The van der Waals surface area contributed by atoms with E-state index in [0.29, 0.717) is 16.7 Å². The topological polar surface area (TPSA) is 20.2 Å². The first-order valence-electron chi connectivity index (χ1n) is 7.01. The Kier molecular flexibility index (Phi) is 1.98. The molecular formula is C15H26O. The summed E-state index contributed by atoms with van der Waals surface area (Å²) >= 11 is 0. The van der Waals surface area contributed by atoms with E-state index in [9.17, 15) is 5.11 Å². The third-order valence-corrected chi connectivity index (χ3v) is 6.38. The van der Waals surface area contributed by atoms with Gasteiger partial charge in [-0.05, 0) is 61.2 Å². The molecule has 3 rings (SSSR count). The fourth-order valence-corrected chi connectivity index (χ4v) is 5.50. The lowest BCUT2D eigenvalue weighted by Gasteiger charge is -2.52. The highest BCUT2D eigenvalue weighted by molar-refractivity contribution is 5.18. The van der Waals surface area contributed by atoms with Crippen LogP contribution < -0.4 is 0 Å². The fourth-order valence-electron chi connectivity index (χ4n) is 5.50. The van der Waals surface area contributed by atoms with E-state index >= 15 is 0 Å². The van der Waals surface area contributed by atoms with Crippen LogP contribution in [-0.2, 0) is 0 Å². The summed E-state index contributed by atoms with van der Waals surface area (Å²) in [5, 5.41) is 10.8. The number of rotatable bonds is 0. The quantitative estimate of drug-likeness (QED) is 0.664. The van der Waals surface area contributed by atoms with Crippen LogP contribution in [0.3, 0.4) is 0 Å². The van der Waals surface area contributed by atoms with Gasteiger partial charge in [0.15, 0.2) is 0 Å². The number of hydrogen-bond acceptors (Lipinski definition) is 1. The first-order valence-corrected chi connectivity index (χ1v) is 7.01. The molecule has 0 heterocycles. The van der Waals surface area contributed by atoms with Gasteiger partial charge in [0.05, 0.1) is 5.60 Å². The Balaban J connectivity index is 1.98. The molecule has 0 unspecified atom stereocenters. The molecule has 0 radical (unpaired) electrons. The predicted molar refractivity (Wildman–Crippen MR) is 66.1 cm³/mol. The van der Waals surface area contributed by atoms with Crippen LogP contribution >= 0.6 is 0 Å². The normalized spacial score (nSPS) is 58.7. The van der Waals surface area contributed by atoms with Crippen LogP contribution in [-0.4, -0.2) is 10.7 Å². The molecule has 0 bridgehead atoms. The summed E-state index contributed by atoms with van der Waals surface area (Å²) in [5.74, 6) is 2.25. The van der Waals surface area contributed by atoms with Crippen LogP contribution in [0.4, 0.5) is 0 Å². The summed E-state index contributed by atoms with van der Waals surface area (Å²) in [6.07, 6.45) is 6.33. The molecular weight excluding hydrogens is 196 g/mol. The van der Waals surface area contributed by atoms with Crippen LogP contribution in [0.5, 0.6) is 0 Å². The highest BCUT2D eigenvalue weighted by Crippen LogP contribution is 2.74. The highest BCUT2D eigenvalue weighted by Gasteiger charge is 2.69. The minimum atomic E-state index is -0.399. The van der Waals surface area contributed by atoms with Gasteiger partial charge in [-0.15, -0.1) is 0 Å². The van der Waals surface area contributed by atoms with Gasteiger partial charge in [0.1, 0.15) is 0 Å². The highest BCUT2D eigenvalue weighted by atomic mass is 16.3. The first-order chi connectivity index (χ1) is 7.29. The Hall–Kier alpha value is -0.0400. The average Bonchev–Trinajstić information content (AvgIpc) is 2.66. The van der Waals surface area contributed by atoms with E-state index < -0.39 is 5.60 Å². The second kappa shape index (κ2) is 2.85. The lowest BCUT2D eigenvalue weighted by atomic mass is 9.55. The lowest BCUT2D eigenvalue weighted by Crippen LogP contribution is -2.51. The van der Waals surface area contributed by atoms with Crippen LogP contribution in [0.1, 0.15) is 59.8 Å². The van der Waals surface area contributed by atoms with Gasteiger partial charge in [0, 0.05) is 0 Å². The van der Waals surface area contributed by atoms with Crippen molar-refractivity contribution in [2.45, 2.75) is 65.4 Å². The number of fused-ring (bicyclic) bond motifs is 3. The smallest absolute Gasteiger partial charge is 0.0656 e. The Morgan fingerprint density at radius 2 is 1.69 bits per heavy atom. The van der Waals surface area contributed by atoms with Crippen molar-refractivity contribution in [2.24, 2.45) is 28.6 Å². The molecule has 0 aliphatic heterocycles. The zero-order valence-corrected chi connectivity index (χ0v) is 11.2. The molecule has 3 fully saturated rings. The molecule has 0 aromatic heterocycles. The van der Waals surface area contributed by atoms with Crippen molar-refractivity contribution in [1.82, 2.24) is 0 Å². The van der Waals surface area contributed by atoms with E-state index in [1.165, 1.54) is 25.7 Å². The molecule has 0 aromatic carbocycles. The molecule has 0 aromatic rings. The predicted octanol–water partition coefficient (Wildman–Crippen LogP) is 3.61. The van der Waals surface area contributed by atoms with Crippen molar-refractivity contribution in [3.8, 4) is 0 Å². The van der Waals surface area contributed by atoms with Crippen molar-refractivity contribution in [1.29, 1.82) is 0 Å². The van der Waals surface area contributed by atoms with Gasteiger partial charge < -0.3 is 5.11 Å². The summed E-state index contributed by atoms with van der Waals surface area (Å²) in [5.41, 5.74) is 0.532. The average molecular weight is 222 g/mol. The van der Waals surface area contributed by atoms with Crippen LogP contribution in [0.25, 0.3) is 0 Å². The summed E-state index contributed by atoms with van der Waals surface area (Å²) in [6, 6.07) is 0. The Morgan fingerprint density at radius 1 is 1.00 bits per heavy atom. The zero-order chi connectivity index (χ0) is 11.8. The SMILES string of the molecule is CC1(C)[C@@H]2[C@@H]3[C@@](C)(CCC[C@@]3(C)O)CC[C@@H]21. The molecule has 16 heavy (non-hydrogen) atoms. The maximum absolute atomic E-state index is 10.8. The third kappa shape index (κ3) is 1.21. The van der Waals surface area contributed by atoms with Crippen molar-refractivity contribution in [2.75, 3.05) is 0 Å². The van der Waals surface area contributed by atoms with E-state index in [1.807, 2.05) is 0 Å². The molecule has 1 nitrogen and oxygen atoms in total. The fraction of sp³-hybridized carbons (Fsp3) is 1.00. The van der Waals surface area contributed by atoms with E-state index in [-0.39, 0.29) is 0 Å². The van der Waals surface area contributed by atoms with Gasteiger partial charge in [0.2, 0.25) is 0 Å². The van der Waals surface area contributed by atoms with Gasteiger partial charge in [0.25, 0.3) is 0 Å². The molecule has 3 saturated carbocycles. The molecule has 3 aliphatic carbocycles. The number of aliphatic hydroxyl groups is 1. The number of hydrogen-bond donors (Lipinski definition) is 1. The molecule has 0 spiro atoms.